The Morgan fingerprint density at radius 1 is 1.00 bits per heavy atom. The van der Waals surface area contributed by atoms with Crippen molar-refractivity contribution in [2.24, 2.45) is 5.73 Å². The van der Waals surface area contributed by atoms with E-state index in [1.54, 1.807) is 4.90 Å². The van der Waals surface area contributed by atoms with Crippen LogP contribution in [0.15, 0.2) is 0 Å². The molecule has 0 unspecified atom stereocenters. The van der Waals surface area contributed by atoms with Gasteiger partial charge in [-0.05, 0) is 32.1 Å². The summed E-state index contributed by atoms with van der Waals surface area (Å²) in [7, 11) is 0. The number of piperidine rings is 2. The van der Waals surface area contributed by atoms with E-state index in [1.807, 2.05) is 0 Å². The molecule has 6 nitrogen and oxygen atoms in total. The van der Waals surface area contributed by atoms with E-state index in [9.17, 15) is 9.59 Å². The maximum atomic E-state index is 12.0. The molecule has 0 bridgehead atoms. The van der Waals surface area contributed by atoms with Crippen molar-refractivity contribution >= 4 is 11.9 Å². The Hall–Kier alpha value is -1.30. The SMILES string of the molecule is NC(=O)N1CC[C@H](N2CCC(N3CCCCC3=O)CC2)C1. The van der Waals surface area contributed by atoms with E-state index in [2.05, 4.69) is 9.80 Å². The molecule has 0 saturated carbocycles. The zero-order valence-electron chi connectivity index (χ0n) is 12.7. The molecular formula is C15H26N4O2. The minimum atomic E-state index is -0.300. The molecule has 3 fully saturated rings. The molecule has 3 aliphatic heterocycles. The third kappa shape index (κ3) is 3.15. The lowest BCUT2D eigenvalue weighted by molar-refractivity contribution is -0.136. The van der Waals surface area contributed by atoms with Gasteiger partial charge in [-0.1, -0.05) is 0 Å². The van der Waals surface area contributed by atoms with E-state index in [-0.39, 0.29) is 6.03 Å². The van der Waals surface area contributed by atoms with Gasteiger partial charge in [0.25, 0.3) is 0 Å². The number of nitrogens with two attached hydrogens (primary N) is 1. The highest BCUT2D eigenvalue weighted by Gasteiger charge is 2.34. The number of hydrogen-bond acceptors (Lipinski definition) is 3. The fraction of sp³-hybridized carbons (Fsp3) is 0.867. The Labute approximate surface area is 126 Å². The number of primary amides is 1. The molecule has 3 aliphatic rings. The molecule has 3 heterocycles. The van der Waals surface area contributed by atoms with E-state index < -0.39 is 0 Å². The number of amides is 3. The first-order valence-corrected chi connectivity index (χ1v) is 8.23. The maximum absolute atomic E-state index is 12.0. The summed E-state index contributed by atoms with van der Waals surface area (Å²) in [5.74, 6) is 0.348. The van der Waals surface area contributed by atoms with Gasteiger partial charge in [0, 0.05) is 51.2 Å². The van der Waals surface area contributed by atoms with Crippen LogP contribution in [0.4, 0.5) is 4.79 Å². The highest BCUT2D eigenvalue weighted by atomic mass is 16.2. The third-order valence-electron chi connectivity index (χ3n) is 5.29. The predicted molar refractivity (Wildman–Crippen MR) is 79.7 cm³/mol. The zero-order valence-corrected chi connectivity index (χ0v) is 12.7. The van der Waals surface area contributed by atoms with Crippen LogP contribution in [0.1, 0.15) is 38.5 Å². The molecule has 3 saturated heterocycles. The average molecular weight is 294 g/mol. The number of carbonyl (C=O) groups is 2. The maximum Gasteiger partial charge on any atom is 0.314 e. The van der Waals surface area contributed by atoms with E-state index in [0.29, 0.717) is 18.0 Å². The number of likely N-dealkylation sites (tertiary alicyclic amines) is 3. The van der Waals surface area contributed by atoms with Crippen LogP contribution < -0.4 is 5.73 Å². The van der Waals surface area contributed by atoms with Crippen LogP contribution in [-0.4, -0.2) is 71.4 Å². The fourth-order valence-corrected chi connectivity index (χ4v) is 4.02. The minimum Gasteiger partial charge on any atom is -0.351 e. The second kappa shape index (κ2) is 6.22. The second-order valence-electron chi connectivity index (χ2n) is 6.54. The molecule has 0 aliphatic carbocycles. The Morgan fingerprint density at radius 2 is 1.71 bits per heavy atom. The molecule has 118 valence electrons. The lowest BCUT2D eigenvalue weighted by atomic mass is 9.98. The van der Waals surface area contributed by atoms with Gasteiger partial charge in [-0.3, -0.25) is 9.69 Å². The number of carbonyl (C=O) groups excluding carboxylic acids is 2. The van der Waals surface area contributed by atoms with Crippen molar-refractivity contribution in [1.82, 2.24) is 14.7 Å². The Bertz CT molecular complexity index is 406. The van der Waals surface area contributed by atoms with Crippen molar-refractivity contribution in [3.05, 3.63) is 0 Å². The van der Waals surface area contributed by atoms with Crippen LogP contribution in [0, 0.1) is 0 Å². The van der Waals surface area contributed by atoms with E-state index in [1.165, 1.54) is 0 Å². The van der Waals surface area contributed by atoms with Crippen molar-refractivity contribution in [2.75, 3.05) is 32.7 Å². The van der Waals surface area contributed by atoms with Crippen LogP contribution in [0.5, 0.6) is 0 Å². The van der Waals surface area contributed by atoms with Crippen molar-refractivity contribution in [2.45, 2.75) is 50.6 Å². The number of rotatable bonds is 2. The highest BCUT2D eigenvalue weighted by molar-refractivity contribution is 5.77. The van der Waals surface area contributed by atoms with Crippen molar-refractivity contribution in [1.29, 1.82) is 0 Å². The van der Waals surface area contributed by atoms with Gasteiger partial charge in [-0.2, -0.15) is 0 Å². The van der Waals surface area contributed by atoms with Gasteiger partial charge in [0.15, 0.2) is 0 Å². The third-order valence-corrected chi connectivity index (χ3v) is 5.29. The number of urea groups is 1. The predicted octanol–water partition coefficient (Wildman–Crippen LogP) is 0.616. The molecule has 21 heavy (non-hydrogen) atoms. The van der Waals surface area contributed by atoms with Crippen LogP contribution in [0.25, 0.3) is 0 Å². The summed E-state index contributed by atoms with van der Waals surface area (Å²) in [6.07, 6.45) is 6.10. The van der Waals surface area contributed by atoms with Crippen molar-refractivity contribution in [3.8, 4) is 0 Å². The van der Waals surface area contributed by atoms with Gasteiger partial charge in [-0.15, -0.1) is 0 Å². The molecule has 2 N–H and O–H groups in total. The number of hydrogen-bond donors (Lipinski definition) is 1. The quantitative estimate of drug-likeness (QED) is 0.811. The average Bonchev–Trinajstić information content (AvgIpc) is 2.98. The lowest BCUT2D eigenvalue weighted by Gasteiger charge is -2.42. The van der Waals surface area contributed by atoms with E-state index >= 15 is 0 Å². The molecular weight excluding hydrogens is 268 g/mol. The van der Waals surface area contributed by atoms with Gasteiger partial charge in [0.1, 0.15) is 0 Å². The monoisotopic (exact) mass is 294 g/mol. The van der Waals surface area contributed by atoms with Crippen LogP contribution in [0.3, 0.4) is 0 Å². The van der Waals surface area contributed by atoms with Gasteiger partial charge in [-0.25, -0.2) is 4.79 Å². The molecule has 3 rings (SSSR count). The zero-order chi connectivity index (χ0) is 14.8. The molecule has 1 atom stereocenters. The Kier molecular flexibility index (Phi) is 4.33. The normalized spacial score (nSPS) is 29.1. The summed E-state index contributed by atoms with van der Waals surface area (Å²) in [5, 5.41) is 0. The molecule has 3 amide bonds. The second-order valence-corrected chi connectivity index (χ2v) is 6.54. The standard InChI is InChI=1S/C15H26N4O2/c16-15(21)18-10-6-13(11-18)17-8-4-12(5-9-17)19-7-2-1-3-14(19)20/h12-13H,1-11H2,(H2,16,21)/t13-/m0/s1. The molecule has 0 radical (unpaired) electrons. The Morgan fingerprint density at radius 3 is 2.33 bits per heavy atom. The molecule has 0 aromatic carbocycles. The van der Waals surface area contributed by atoms with Crippen molar-refractivity contribution in [3.63, 3.8) is 0 Å². The van der Waals surface area contributed by atoms with E-state index in [0.717, 1.165) is 71.2 Å². The summed E-state index contributed by atoms with van der Waals surface area (Å²) < 4.78 is 0. The summed E-state index contributed by atoms with van der Waals surface area (Å²) in [6, 6.07) is 0.588. The first kappa shape index (κ1) is 14.6. The molecule has 0 aromatic heterocycles. The van der Waals surface area contributed by atoms with Gasteiger partial charge >= 0.3 is 6.03 Å². The van der Waals surface area contributed by atoms with Gasteiger partial charge in [0.05, 0.1) is 0 Å². The van der Waals surface area contributed by atoms with Crippen molar-refractivity contribution < 1.29 is 9.59 Å². The van der Waals surface area contributed by atoms with Gasteiger partial charge in [0.2, 0.25) is 5.91 Å². The van der Waals surface area contributed by atoms with E-state index in [4.69, 9.17) is 5.73 Å². The number of nitrogens with zero attached hydrogens (tertiary/aromatic N) is 3. The van der Waals surface area contributed by atoms with Crippen LogP contribution in [-0.2, 0) is 4.79 Å². The minimum absolute atomic E-state index is 0.300. The first-order chi connectivity index (χ1) is 10.1. The summed E-state index contributed by atoms with van der Waals surface area (Å²) in [6.45, 7) is 4.56. The smallest absolute Gasteiger partial charge is 0.314 e. The topological polar surface area (TPSA) is 69.9 Å². The molecule has 0 aromatic rings. The van der Waals surface area contributed by atoms with Gasteiger partial charge < -0.3 is 15.5 Å². The lowest BCUT2D eigenvalue weighted by Crippen LogP contribution is -2.51. The highest BCUT2D eigenvalue weighted by Crippen LogP contribution is 2.25. The first-order valence-electron chi connectivity index (χ1n) is 8.23. The largest absolute Gasteiger partial charge is 0.351 e. The van der Waals surface area contributed by atoms with Crippen LogP contribution in [0.2, 0.25) is 0 Å². The summed E-state index contributed by atoms with van der Waals surface area (Å²) >= 11 is 0. The fourth-order valence-electron chi connectivity index (χ4n) is 4.02. The Balaban J connectivity index is 1.49. The summed E-state index contributed by atoms with van der Waals surface area (Å²) in [5.41, 5.74) is 5.35. The molecule has 6 heteroatoms. The summed E-state index contributed by atoms with van der Waals surface area (Å²) in [4.78, 5) is 29.6. The molecule has 0 spiro atoms. The van der Waals surface area contributed by atoms with Crippen LogP contribution >= 0.6 is 0 Å².